The Balaban J connectivity index is 1.64. The predicted molar refractivity (Wildman–Crippen MR) is 77.0 cm³/mol. The van der Waals surface area contributed by atoms with E-state index in [1.807, 2.05) is 12.1 Å². The standard InChI is InChI=1S/C13H12N6O3/c1-8(20)14-11-6-19(18-17-11)7-12(21)16-13-15-9-4-2-3-5-10(9)22-13/h2-6H,7H2,1H3,(H,14,20)(H,15,16,21). The lowest BCUT2D eigenvalue weighted by molar-refractivity contribution is -0.117. The van der Waals surface area contributed by atoms with Gasteiger partial charge in [-0.2, -0.15) is 4.98 Å². The largest absolute Gasteiger partial charge is 0.423 e. The molecule has 0 bridgehead atoms. The molecule has 22 heavy (non-hydrogen) atoms. The maximum absolute atomic E-state index is 11.9. The van der Waals surface area contributed by atoms with Crippen molar-refractivity contribution in [2.24, 2.45) is 0 Å². The Hall–Kier alpha value is -3.23. The van der Waals surface area contributed by atoms with Gasteiger partial charge in [0.2, 0.25) is 11.8 Å². The summed E-state index contributed by atoms with van der Waals surface area (Å²) in [5.41, 5.74) is 1.25. The molecule has 0 aliphatic rings. The number of fused-ring (bicyclic) bond motifs is 1. The van der Waals surface area contributed by atoms with Crippen LogP contribution in [0.2, 0.25) is 0 Å². The third kappa shape index (κ3) is 3.08. The highest BCUT2D eigenvalue weighted by Crippen LogP contribution is 2.17. The fraction of sp³-hybridized carbons (Fsp3) is 0.154. The minimum absolute atomic E-state index is 0.0781. The SMILES string of the molecule is CC(=O)Nc1cn(CC(=O)Nc2nc3ccccc3o2)nn1. The van der Waals surface area contributed by atoms with Gasteiger partial charge in [-0.25, -0.2) is 4.68 Å². The second-order valence-corrected chi connectivity index (χ2v) is 4.52. The van der Waals surface area contributed by atoms with Gasteiger partial charge in [0.05, 0.1) is 6.20 Å². The summed E-state index contributed by atoms with van der Waals surface area (Å²) in [4.78, 5) is 26.9. The van der Waals surface area contributed by atoms with Crippen LogP contribution in [0, 0.1) is 0 Å². The average molecular weight is 300 g/mol. The number of carbonyl (C=O) groups is 2. The number of nitrogens with zero attached hydrogens (tertiary/aromatic N) is 4. The van der Waals surface area contributed by atoms with Crippen molar-refractivity contribution in [1.82, 2.24) is 20.0 Å². The van der Waals surface area contributed by atoms with Crippen molar-refractivity contribution in [3.05, 3.63) is 30.5 Å². The number of aromatic nitrogens is 4. The molecule has 0 spiro atoms. The highest BCUT2D eigenvalue weighted by molar-refractivity contribution is 5.90. The van der Waals surface area contributed by atoms with Crippen molar-refractivity contribution in [2.45, 2.75) is 13.5 Å². The molecule has 1 aromatic carbocycles. The van der Waals surface area contributed by atoms with Crippen LogP contribution in [0.5, 0.6) is 0 Å². The second kappa shape index (κ2) is 5.64. The number of para-hydroxylation sites is 2. The van der Waals surface area contributed by atoms with E-state index in [0.29, 0.717) is 11.1 Å². The molecule has 2 N–H and O–H groups in total. The molecule has 3 rings (SSSR count). The van der Waals surface area contributed by atoms with Gasteiger partial charge in [-0.3, -0.25) is 14.9 Å². The predicted octanol–water partition coefficient (Wildman–Crippen LogP) is 1.02. The highest BCUT2D eigenvalue weighted by atomic mass is 16.4. The topological polar surface area (TPSA) is 115 Å². The van der Waals surface area contributed by atoms with Gasteiger partial charge in [-0.1, -0.05) is 17.3 Å². The molecule has 0 aliphatic carbocycles. The van der Waals surface area contributed by atoms with Crippen molar-refractivity contribution < 1.29 is 14.0 Å². The van der Waals surface area contributed by atoms with Gasteiger partial charge in [0.15, 0.2) is 11.4 Å². The Morgan fingerprint density at radius 1 is 1.27 bits per heavy atom. The fourth-order valence-electron chi connectivity index (χ4n) is 1.84. The summed E-state index contributed by atoms with van der Waals surface area (Å²) >= 11 is 0. The van der Waals surface area contributed by atoms with E-state index in [2.05, 4.69) is 25.9 Å². The van der Waals surface area contributed by atoms with Crippen LogP contribution in [0.25, 0.3) is 11.1 Å². The minimum atomic E-state index is -0.370. The minimum Gasteiger partial charge on any atom is -0.423 e. The van der Waals surface area contributed by atoms with E-state index in [4.69, 9.17) is 4.42 Å². The summed E-state index contributed by atoms with van der Waals surface area (Å²) in [6.07, 6.45) is 1.45. The van der Waals surface area contributed by atoms with Gasteiger partial charge in [-0.05, 0) is 12.1 Å². The molecule has 0 atom stereocenters. The van der Waals surface area contributed by atoms with E-state index in [9.17, 15) is 9.59 Å². The molecule has 112 valence electrons. The molecule has 3 aromatic rings. The smallest absolute Gasteiger partial charge is 0.302 e. The van der Waals surface area contributed by atoms with Crippen LogP contribution in [0.4, 0.5) is 11.8 Å². The molecule has 0 unspecified atom stereocenters. The summed E-state index contributed by atoms with van der Waals surface area (Å²) in [6, 6.07) is 7.31. The first kappa shape index (κ1) is 13.7. The molecule has 0 radical (unpaired) electrons. The third-order valence-electron chi connectivity index (χ3n) is 2.69. The quantitative estimate of drug-likeness (QED) is 0.743. The normalized spacial score (nSPS) is 10.6. The van der Waals surface area contributed by atoms with E-state index in [-0.39, 0.29) is 30.2 Å². The summed E-state index contributed by atoms with van der Waals surface area (Å²) in [5, 5.41) is 12.5. The molecule has 2 heterocycles. The van der Waals surface area contributed by atoms with Gasteiger partial charge in [0.1, 0.15) is 12.1 Å². The Kier molecular flexibility index (Phi) is 3.52. The first-order valence-corrected chi connectivity index (χ1v) is 6.43. The number of hydrogen-bond donors (Lipinski definition) is 2. The van der Waals surface area contributed by atoms with Gasteiger partial charge >= 0.3 is 6.01 Å². The first-order chi connectivity index (χ1) is 10.6. The lowest BCUT2D eigenvalue weighted by Crippen LogP contribution is -2.19. The number of anilines is 2. The summed E-state index contributed by atoms with van der Waals surface area (Å²) in [6.45, 7) is 1.28. The van der Waals surface area contributed by atoms with Crippen LogP contribution in [0.3, 0.4) is 0 Å². The monoisotopic (exact) mass is 300 g/mol. The molecule has 0 saturated heterocycles. The van der Waals surface area contributed by atoms with Crippen molar-refractivity contribution in [2.75, 3.05) is 10.6 Å². The zero-order valence-corrected chi connectivity index (χ0v) is 11.6. The molecular formula is C13H12N6O3. The summed E-state index contributed by atoms with van der Waals surface area (Å²) < 4.78 is 6.68. The molecule has 2 aromatic heterocycles. The lowest BCUT2D eigenvalue weighted by Gasteiger charge is -1.99. The summed E-state index contributed by atoms with van der Waals surface area (Å²) in [7, 11) is 0. The maximum atomic E-state index is 11.9. The van der Waals surface area contributed by atoms with Crippen molar-refractivity contribution >= 4 is 34.7 Å². The highest BCUT2D eigenvalue weighted by Gasteiger charge is 2.11. The number of benzene rings is 1. The molecular weight excluding hydrogens is 288 g/mol. The van der Waals surface area contributed by atoms with E-state index in [1.165, 1.54) is 17.8 Å². The van der Waals surface area contributed by atoms with Gasteiger partial charge < -0.3 is 9.73 Å². The first-order valence-electron chi connectivity index (χ1n) is 6.43. The van der Waals surface area contributed by atoms with Crippen LogP contribution in [0.15, 0.2) is 34.9 Å². The molecule has 9 nitrogen and oxygen atoms in total. The number of carbonyl (C=O) groups excluding carboxylic acids is 2. The molecule has 0 aliphatic heterocycles. The van der Waals surface area contributed by atoms with Crippen LogP contribution in [-0.2, 0) is 16.1 Å². The molecule has 0 fully saturated rings. The third-order valence-corrected chi connectivity index (χ3v) is 2.69. The zero-order valence-electron chi connectivity index (χ0n) is 11.6. The molecule has 0 saturated carbocycles. The number of nitrogens with one attached hydrogen (secondary N) is 2. The van der Waals surface area contributed by atoms with Crippen LogP contribution in [0.1, 0.15) is 6.92 Å². The van der Waals surface area contributed by atoms with Crippen molar-refractivity contribution in [3.8, 4) is 0 Å². The van der Waals surface area contributed by atoms with Gasteiger partial charge in [0, 0.05) is 6.92 Å². The number of hydrogen-bond acceptors (Lipinski definition) is 6. The van der Waals surface area contributed by atoms with Crippen LogP contribution < -0.4 is 10.6 Å². The maximum Gasteiger partial charge on any atom is 0.302 e. The number of amides is 2. The lowest BCUT2D eigenvalue weighted by atomic mass is 10.3. The number of rotatable bonds is 4. The second-order valence-electron chi connectivity index (χ2n) is 4.52. The number of oxazole rings is 1. The van der Waals surface area contributed by atoms with Gasteiger partial charge in [0.25, 0.3) is 0 Å². The van der Waals surface area contributed by atoms with E-state index < -0.39 is 0 Å². The van der Waals surface area contributed by atoms with Crippen LogP contribution in [-0.4, -0.2) is 31.8 Å². The molecule has 2 amide bonds. The molecule has 9 heteroatoms. The zero-order chi connectivity index (χ0) is 15.5. The van der Waals surface area contributed by atoms with Crippen molar-refractivity contribution in [3.63, 3.8) is 0 Å². The Bertz CT molecular complexity index is 804. The Labute approximate surface area is 124 Å². The fourth-order valence-corrected chi connectivity index (χ4v) is 1.84. The van der Waals surface area contributed by atoms with E-state index in [1.54, 1.807) is 12.1 Å². The van der Waals surface area contributed by atoms with Crippen LogP contribution >= 0.6 is 0 Å². The average Bonchev–Trinajstić information content (AvgIpc) is 3.03. The van der Waals surface area contributed by atoms with E-state index in [0.717, 1.165) is 0 Å². The summed E-state index contributed by atoms with van der Waals surface area (Å²) in [5.74, 6) is -0.351. The Morgan fingerprint density at radius 2 is 2.09 bits per heavy atom. The van der Waals surface area contributed by atoms with Gasteiger partial charge in [-0.15, -0.1) is 5.10 Å². The Morgan fingerprint density at radius 3 is 2.86 bits per heavy atom. The van der Waals surface area contributed by atoms with E-state index >= 15 is 0 Å². The van der Waals surface area contributed by atoms with Crippen molar-refractivity contribution in [1.29, 1.82) is 0 Å².